The summed E-state index contributed by atoms with van der Waals surface area (Å²) in [6.07, 6.45) is 3.10. The molecule has 1 aliphatic rings. The molecule has 3 N–H and O–H groups in total. The fourth-order valence-electron chi connectivity index (χ4n) is 2.78. The van der Waals surface area contributed by atoms with Crippen molar-refractivity contribution in [3.05, 3.63) is 48.4 Å². The molecule has 7 heteroatoms. The molecule has 1 fully saturated rings. The molecule has 1 unspecified atom stereocenters. The van der Waals surface area contributed by atoms with Gasteiger partial charge < -0.3 is 15.3 Å². The zero-order valence-corrected chi connectivity index (χ0v) is 13.1. The van der Waals surface area contributed by atoms with Crippen molar-refractivity contribution in [1.29, 1.82) is 0 Å². The Balaban J connectivity index is 1.55. The largest absolute Gasteiger partial charge is 0.506 e. The summed E-state index contributed by atoms with van der Waals surface area (Å²) < 4.78 is 13.0. The number of urea groups is 1. The van der Waals surface area contributed by atoms with E-state index >= 15 is 0 Å². The van der Waals surface area contributed by atoms with E-state index in [1.165, 1.54) is 30.5 Å². The molecule has 1 aromatic carbocycles. The molecule has 0 saturated carbocycles. The van der Waals surface area contributed by atoms with Crippen LogP contribution in [-0.4, -0.2) is 35.3 Å². The van der Waals surface area contributed by atoms with Crippen molar-refractivity contribution < 1.29 is 14.3 Å². The van der Waals surface area contributed by atoms with Gasteiger partial charge in [0.25, 0.3) is 0 Å². The van der Waals surface area contributed by atoms with Crippen LogP contribution in [0.25, 0.3) is 0 Å². The fourth-order valence-corrected chi connectivity index (χ4v) is 2.78. The van der Waals surface area contributed by atoms with E-state index in [0.29, 0.717) is 12.4 Å². The minimum Gasteiger partial charge on any atom is -0.506 e. The molecule has 2 aromatic rings. The van der Waals surface area contributed by atoms with Crippen LogP contribution in [0.4, 0.5) is 20.7 Å². The molecule has 3 rings (SSSR count). The van der Waals surface area contributed by atoms with E-state index in [1.807, 2.05) is 0 Å². The van der Waals surface area contributed by atoms with Crippen molar-refractivity contribution in [3.63, 3.8) is 0 Å². The van der Waals surface area contributed by atoms with Gasteiger partial charge in [-0.25, -0.2) is 14.2 Å². The SMILES string of the molecule is O=C(Nc1ccc(O)cn1)NC1CCCN(c2ccc(F)cc2)C1. The van der Waals surface area contributed by atoms with Gasteiger partial charge >= 0.3 is 6.03 Å². The number of nitrogens with zero attached hydrogens (tertiary/aromatic N) is 2. The van der Waals surface area contributed by atoms with E-state index in [2.05, 4.69) is 20.5 Å². The third-order valence-electron chi connectivity index (χ3n) is 3.94. The second-order valence-corrected chi connectivity index (χ2v) is 5.76. The lowest BCUT2D eigenvalue weighted by atomic mass is 10.1. The van der Waals surface area contributed by atoms with Crippen LogP contribution in [0.3, 0.4) is 0 Å². The first-order valence-electron chi connectivity index (χ1n) is 7.83. The Bertz CT molecular complexity index is 691. The number of piperidine rings is 1. The number of carbonyl (C=O) groups excluding carboxylic acids is 1. The predicted octanol–water partition coefficient (Wildman–Crippen LogP) is 2.72. The van der Waals surface area contributed by atoms with E-state index < -0.39 is 0 Å². The highest BCUT2D eigenvalue weighted by Gasteiger charge is 2.21. The molecular formula is C17H19FN4O2. The first kappa shape index (κ1) is 16.0. The Morgan fingerprint density at radius 1 is 1.25 bits per heavy atom. The molecule has 24 heavy (non-hydrogen) atoms. The Labute approximate surface area is 139 Å². The molecule has 1 aliphatic heterocycles. The first-order chi connectivity index (χ1) is 11.6. The number of benzene rings is 1. The summed E-state index contributed by atoms with van der Waals surface area (Å²) in [5.74, 6) is 0.158. The summed E-state index contributed by atoms with van der Waals surface area (Å²) in [6, 6.07) is 9.03. The molecule has 0 radical (unpaired) electrons. The number of hydrogen-bond acceptors (Lipinski definition) is 4. The van der Waals surface area contributed by atoms with Crippen molar-refractivity contribution >= 4 is 17.5 Å². The van der Waals surface area contributed by atoms with Gasteiger partial charge in [-0.05, 0) is 49.2 Å². The molecule has 0 spiro atoms. The number of aromatic hydroxyl groups is 1. The van der Waals surface area contributed by atoms with Crippen molar-refractivity contribution in [2.75, 3.05) is 23.3 Å². The van der Waals surface area contributed by atoms with Crippen LogP contribution in [0.2, 0.25) is 0 Å². The van der Waals surface area contributed by atoms with Crippen LogP contribution in [0, 0.1) is 5.82 Å². The average Bonchev–Trinajstić information content (AvgIpc) is 2.58. The van der Waals surface area contributed by atoms with Crippen LogP contribution >= 0.6 is 0 Å². The maximum atomic E-state index is 13.0. The Hall–Kier alpha value is -2.83. The number of halogens is 1. The third-order valence-corrected chi connectivity index (χ3v) is 3.94. The monoisotopic (exact) mass is 330 g/mol. The molecule has 0 aliphatic carbocycles. The van der Waals surface area contributed by atoms with Gasteiger partial charge in [-0.1, -0.05) is 0 Å². The van der Waals surface area contributed by atoms with Crippen LogP contribution in [-0.2, 0) is 0 Å². The lowest BCUT2D eigenvalue weighted by Crippen LogP contribution is -2.49. The second-order valence-electron chi connectivity index (χ2n) is 5.76. The highest BCUT2D eigenvalue weighted by atomic mass is 19.1. The van der Waals surface area contributed by atoms with Gasteiger partial charge in [0.15, 0.2) is 0 Å². The predicted molar refractivity (Wildman–Crippen MR) is 89.7 cm³/mol. The van der Waals surface area contributed by atoms with E-state index in [0.717, 1.165) is 25.1 Å². The number of rotatable bonds is 3. The zero-order valence-electron chi connectivity index (χ0n) is 13.1. The van der Waals surface area contributed by atoms with E-state index in [9.17, 15) is 14.3 Å². The third kappa shape index (κ3) is 4.13. The van der Waals surface area contributed by atoms with Gasteiger partial charge in [-0.15, -0.1) is 0 Å². The van der Waals surface area contributed by atoms with Crippen LogP contribution in [0.1, 0.15) is 12.8 Å². The van der Waals surface area contributed by atoms with Crippen molar-refractivity contribution in [2.24, 2.45) is 0 Å². The number of nitrogens with one attached hydrogen (secondary N) is 2. The van der Waals surface area contributed by atoms with Crippen LogP contribution < -0.4 is 15.5 Å². The van der Waals surface area contributed by atoms with Crippen molar-refractivity contribution in [1.82, 2.24) is 10.3 Å². The highest BCUT2D eigenvalue weighted by molar-refractivity contribution is 5.88. The number of pyridine rings is 1. The standard InChI is InChI=1S/C17H19FN4O2/c18-12-3-5-14(6-4-12)22-9-1-2-13(11-22)20-17(24)21-16-8-7-15(23)10-19-16/h3-8,10,13,23H,1-2,9,11H2,(H2,19,20,21,24). The summed E-state index contributed by atoms with van der Waals surface area (Å²) in [5, 5.41) is 14.7. The summed E-state index contributed by atoms with van der Waals surface area (Å²) in [6.45, 7) is 1.55. The zero-order chi connectivity index (χ0) is 16.9. The molecule has 1 aromatic heterocycles. The molecular weight excluding hydrogens is 311 g/mol. The molecule has 0 bridgehead atoms. The average molecular weight is 330 g/mol. The van der Waals surface area contributed by atoms with Crippen LogP contribution in [0.5, 0.6) is 5.75 Å². The quantitative estimate of drug-likeness (QED) is 0.809. The molecule has 126 valence electrons. The number of amides is 2. The Morgan fingerprint density at radius 2 is 2.04 bits per heavy atom. The highest BCUT2D eigenvalue weighted by Crippen LogP contribution is 2.20. The first-order valence-corrected chi connectivity index (χ1v) is 7.83. The fraction of sp³-hybridized carbons (Fsp3) is 0.294. The van der Waals surface area contributed by atoms with Crippen molar-refractivity contribution in [2.45, 2.75) is 18.9 Å². The molecule has 6 nitrogen and oxygen atoms in total. The van der Waals surface area contributed by atoms with Gasteiger partial charge in [-0.3, -0.25) is 5.32 Å². The lowest BCUT2D eigenvalue weighted by Gasteiger charge is -2.34. The molecule has 2 heterocycles. The maximum absolute atomic E-state index is 13.0. The Morgan fingerprint density at radius 3 is 2.75 bits per heavy atom. The summed E-state index contributed by atoms with van der Waals surface area (Å²) >= 11 is 0. The summed E-state index contributed by atoms with van der Waals surface area (Å²) in [5.41, 5.74) is 0.948. The number of hydrogen-bond donors (Lipinski definition) is 3. The minimum atomic E-state index is -0.334. The number of aromatic nitrogens is 1. The topological polar surface area (TPSA) is 77.5 Å². The van der Waals surface area contributed by atoms with E-state index in [-0.39, 0.29) is 23.6 Å². The Kier molecular flexibility index (Phi) is 4.79. The van der Waals surface area contributed by atoms with E-state index in [1.54, 1.807) is 12.1 Å². The normalized spacial score (nSPS) is 17.4. The van der Waals surface area contributed by atoms with Gasteiger partial charge in [0.05, 0.1) is 6.20 Å². The maximum Gasteiger partial charge on any atom is 0.320 e. The number of carbonyl (C=O) groups is 1. The van der Waals surface area contributed by atoms with Gasteiger partial charge in [-0.2, -0.15) is 0 Å². The second kappa shape index (κ2) is 7.16. The van der Waals surface area contributed by atoms with Gasteiger partial charge in [0, 0.05) is 24.8 Å². The van der Waals surface area contributed by atoms with Gasteiger partial charge in [0.1, 0.15) is 17.4 Å². The summed E-state index contributed by atoms with van der Waals surface area (Å²) in [4.78, 5) is 18.1. The van der Waals surface area contributed by atoms with E-state index in [4.69, 9.17) is 0 Å². The number of anilines is 2. The molecule has 2 amide bonds. The summed E-state index contributed by atoms with van der Waals surface area (Å²) in [7, 11) is 0. The van der Waals surface area contributed by atoms with Gasteiger partial charge in [0.2, 0.25) is 0 Å². The lowest BCUT2D eigenvalue weighted by molar-refractivity contribution is 0.246. The van der Waals surface area contributed by atoms with Crippen molar-refractivity contribution in [3.8, 4) is 5.75 Å². The molecule has 1 atom stereocenters. The van der Waals surface area contributed by atoms with Crippen LogP contribution in [0.15, 0.2) is 42.6 Å². The molecule has 1 saturated heterocycles. The minimum absolute atomic E-state index is 0.000850. The smallest absolute Gasteiger partial charge is 0.320 e.